The van der Waals surface area contributed by atoms with Crippen LogP contribution in [0.15, 0.2) is 47.7 Å². The standard InChI is InChI=1S/C20H24N4O2/c1-15(22-23-20(26)18-7-3-4-10-21-18)16-8-9-19(25)17(13-16)14-24-11-5-2-6-12-24/h3-4,7-10,13,25H,2,5-6,11-12,14H2,1H3,(H,23,26)/b22-15+. The van der Waals surface area contributed by atoms with Gasteiger partial charge in [0.2, 0.25) is 0 Å². The number of nitrogens with one attached hydrogen (secondary N) is 1. The molecule has 3 rings (SSSR count). The molecule has 2 N–H and O–H groups in total. The molecule has 1 aliphatic rings. The van der Waals surface area contributed by atoms with Gasteiger partial charge < -0.3 is 5.11 Å². The number of benzene rings is 1. The second-order valence-corrected chi connectivity index (χ2v) is 6.53. The fourth-order valence-electron chi connectivity index (χ4n) is 3.05. The molecule has 1 amide bonds. The molecule has 0 unspecified atom stereocenters. The van der Waals surface area contributed by atoms with Crippen LogP contribution in [0.1, 0.15) is 47.8 Å². The predicted octanol–water partition coefficient (Wildman–Crippen LogP) is 2.93. The van der Waals surface area contributed by atoms with Crippen LogP contribution in [0, 0.1) is 0 Å². The van der Waals surface area contributed by atoms with E-state index in [1.807, 2.05) is 13.0 Å². The minimum Gasteiger partial charge on any atom is -0.508 e. The number of carbonyl (C=O) groups is 1. The highest BCUT2D eigenvalue weighted by Crippen LogP contribution is 2.22. The third-order valence-corrected chi connectivity index (χ3v) is 4.56. The summed E-state index contributed by atoms with van der Waals surface area (Å²) in [5, 5.41) is 14.3. The highest BCUT2D eigenvalue weighted by atomic mass is 16.3. The summed E-state index contributed by atoms with van der Waals surface area (Å²) in [4.78, 5) is 18.4. The number of likely N-dealkylation sites (tertiary alicyclic amines) is 1. The van der Waals surface area contributed by atoms with E-state index in [2.05, 4.69) is 20.4 Å². The van der Waals surface area contributed by atoms with Crippen molar-refractivity contribution < 1.29 is 9.90 Å². The Morgan fingerprint density at radius 3 is 2.77 bits per heavy atom. The minimum atomic E-state index is -0.350. The van der Waals surface area contributed by atoms with E-state index in [4.69, 9.17) is 0 Å². The quantitative estimate of drug-likeness (QED) is 0.641. The number of hydrazone groups is 1. The average molecular weight is 352 g/mol. The number of aromatic hydroxyl groups is 1. The molecule has 0 atom stereocenters. The van der Waals surface area contributed by atoms with Crippen LogP contribution in [0.4, 0.5) is 0 Å². The minimum absolute atomic E-state index is 0.296. The summed E-state index contributed by atoms with van der Waals surface area (Å²) in [6.07, 6.45) is 5.27. The molecule has 2 aromatic rings. The van der Waals surface area contributed by atoms with Gasteiger partial charge in [0.15, 0.2) is 0 Å². The highest BCUT2D eigenvalue weighted by molar-refractivity contribution is 6.00. The first kappa shape index (κ1) is 18.1. The molecule has 6 nitrogen and oxygen atoms in total. The molecule has 1 aromatic carbocycles. The lowest BCUT2D eigenvalue weighted by Gasteiger charge is -2.26. The Morgan fingerprint density at radius 2 is 2.04 bits per heavy atom. The summed E-state index contributed by atoms with van der Waals surface area (Å²) in [6.45, 7) is 4.69. The zero-order valence-corrected chi connectivity index (χ0v) is 15.0. The van der Waals surface area contributed by atoms with E-state index in [0.29, 0.717) is 17.2 Å². The molecule has 0 saturated carbocycles. The van der Waals surface area contributed by atoms with E-state index < -0.39 is 0 Å². The molecule has 1 aromatic heterocycles. The summed E-state index contributed by atoms with van der Waals surface area (Å²) >= 11 is 0. The van der Waals surface area contributed by atoms with Gasteiger partial charge in [0.1, 0.15) is 11.4 Å². The molecule has 1 saturated heterocycles. The Labute approximate surface area is 153 Å². The number of phenolic OH excluding ortho intramolecular Hbond substituents is 1. The first-order valence-electron chi connectivity index (χ1n) is 8.94. The lowest BCUT2D eigenvalue weighted by Crippen LogP contribution is -2.29. The molecule has 136 valence electrons. The first-order valence-corrected chi connectivity index (χ1v) is 8.94. The number of pyridine rings is 1. The van der Waals surface area contributed by atoms with Crippen molar-refractivity contribution in [3.63, 3.8) is 0 Å². The summed E-state index contributed by atoms with van der Waals surface area (Å²) in [5.41, 5.74) is 5.28. The zero-order chi connectivity index (χ0) is 18.4. The van der Waals surface area contributed by atoms with Gasteiger partial charge in [0.25, 0.3) is 5.91 Å². The van der Waals surface area contributed by atoms with E-state index in [-0.39, 0.29) is 5.91 Å². The van der Waals surface area contributed by atoms with Gasteiger partial charge in [-0.05, 0) is 68.8 Å². The van der Waals surface area contributed by atoms with Crippen molar-refractivity contribution >= 4 is 11.6 Å². The van der Waals surface area contributed by atoms with Crippen molar-refractivity contribution in [1.82, 2.24) is 15.3 Å². The number of piperidine rings is 1. The largest absolute Gasteiger partial charge is 0.508 e. The van der Waals surface area contributed by atoms with Crippen molar-refractivity contribution in [2.75, 3.05) is 13.1 Å². The van der Waals surface area contributed by atoms with Crippen molar-refractivity contribution in [2.45, 2.75) is 32.7 Å². The number of nitrogens with zero attached hydrogens (tertiary/aromatic N) is 3. The second kappa shape index (κ2) is 8.58. The topological polar surface area (TPSA) is 77.8 Å². The number of aromatic nitrogens is 1. The van der Waals surface area contributed by atoms with E-state index in [0.717, 1.165) is 30.8 Å². The Balaban J connectivity index is 1.69. The molecule has 6 heteroatoms. The maximum absolute atomic E-state index is 12.0. The van der Waals surface area contributed by atoms with E-state index in [1.165, 1.54) is 19.3 Å². The van der Waals surface area contributed by atoms with Gasteiger partial charge in [-0.1, -0.05) is 12.5 Å². The van der Waals surface area contributed by atoms with Crippen LogP contribution in [-0.2, 0) is 6.54 Å². The van der Waals surface area contributed by atoms with Crippen LogP contribution >= 0.6 is 0 Å². The van der Waals surface area contributed by atoms with Crippen LogP contribution in [0.25, 0.3) is 0 Å². The van der Waals surface area contributed by atoms with Crippen LogP contribution < -0.4 is 5.43 Å². The Hall–Kier alpha value is -2.73. The van der Waals surface area contributed by atoms with Gasteiger partial charge >= 0.3 is 0 Å². The average Bonchev–Trinajstić information content (AvgIpc) is 2.69. The molecule has 2 heterocycles. The Morgan fingerprint density at radius 1 is 1.23 bits per heavy atom. The molecule has 0 radical (unpaired) electrons. The molecule has 1 aliphatic heterocycles. The van der Waals surface area contributed by atoms with E-state index >= 15 is 0 Å². The van der Waals surface area contributed by atoms with Crippen molar-refractivity contribution in [2.24, 2.45) is 5.10 Å². The van der Waals surface area contributed by atoms with E-state index in [1.54, 1.807) is 36.5 Å². The van der Waals surface area contributed by atoms with Crippen LogP contribution in [0.2, 0.25) is 0 Å². The SMILES string of the molecule is C/C(=N\NC(=O)c1ccccn1)c1ccc(O)c(CN2CCCCC2)c1. The smallest absolute Gasteiger partial charge is 0.289 e. The predicted molar refractivity (Wildman–Crippen MR) is 101 cm³/mol. The molecule has 0 bridgehead atoms. The molecule has 26 heavy (non-hydrogen) atoms. The lowest BCUT2D eigenvalue weighted by molar-refractivity contribution is 0.0950. The van der Waals surface area contributed by atoms with Gasteiger partial charge in [-0.15, -0.1) is 0 Å². The van der Waals surface area contributed by atoms with Gasteiger partial charge in [-0.25, -0.2) is 5.43 Å². The van der Waals surface area contributed by atoms with Crippen LogP contribution in [0.5, 0.6) is 5.75 Å². The third kappa shape index (κ3) is 4.67. The summed E-state index contributed by atoms with van der Waals surface area (Å²) in [6, 6.07) is 10.6. The van der Waals surface area contributed by atoms with Gasteiger partial charge in [-0.3, -0.25) is 14.7 Å². The molecule has 0 spiro atoms. The number of rotatable bonds is 5. The number of hydrogen-bond acceptors (Lipinski definition) is 5. The Bertz CT molecular complexity index is 784. The number of carbonyl (C=O) groups excluding carboxylic acids is 1. The Kier molecular flexibility index (Phi) is 5.96. The summed E-state index contributed by atoms with van der Waals surface area (Å²) in [5.74, 6) is -0.0538. The van der Waals surface area contributed by atoms with Gasteiger partial charge in [-0.2, -0.15) is 5.10 Å². The first-order chi connectivity index (χ1) is 12.6. The fraction of sp³-hybridized carbons (Fsp3) is 0.350. The lowest BCUT2D eigenvalue weighted by atomic mass is 10.0. The highest BCUT2D eigenvalue weighted by Gasteiger charge is 2.13. The zero-order valence-electron chi connectivity index (χ0n) is 15.0. The molecule has 1 fully saturated rings. The van der Waals surface area contributed by atoms with Crippen molar-refractivity contribution in [3.05, 3.63) is 59.4 Å². The fourth-order valence-corrected chi connectivity index (χ4v) is 3.05. The number of phenols is 1. The second-order valence-electron chi connectivity index (χ2n) is 6.53. The van der Waals surface area contributed by atoms with E-state index in [9.17, 15) is 9.90 Å². The molecule has 0 aliphatic carbocycles. The normalized spacial score (nSPS) is 15.7. The number of hydrogen-bond donors (Lipinski definition) is 2. The molecular weight excluding hydrogens is 328 g/mol. The number of amides is 1. The summed E-state index contributed by atoms with van der Waals surface area (Å²) < 4.78 is 0. The van der Waals surface area contributed by atoms with Gasteiger partial charge in [0.05, 0.1) is 5.71 Å². The summed E-state index contributed by atoms with van der Waals surface area (Å²) in [7, 11) is 0. The van der Waals surface area contributed by atoms with Gasteiger partial charge in [0, 0.05) is 18.3 Å². The van der Waals surface area contributed by atoms with Crippen LogP contribution in [-0.4, -0.2) is 39.7 Å². The third-order valence-electron chi connectivity index (χ3n) is 4.56. The maximum atomic E-state index is 12.0. The van der Waals surface area contributed by atoms with Crippen molar-refractivity contribution in [3.8, 4) is 5.75 Å². The monoisotopic (exact) mass is 352 g/mol. The van der Waals surface area contributed by atoms with Crippen LogP contribution in [0.3, 0.4) is 0 Å². The maximum Gasteiger partial charge on any atom is 0.289 e. The van der Waals surface area contributed by atoms with Crippen molar-refractivity contribution in [1.29, 1.82) is 0 Å². The molecular formula is C20H24N4O2.